The number of anilines is 1. The number of aliphatic hydroxyl groups excluding tert-OH is 1. The van der Waals surface area contributed by atoms with Crippen molar-refractivity contribution in [2.75, 3.05) is 18.0 Å². The summed E-state index contributed by atoms with van der Waals surface area (Å²) in [6.45, 7) is 3.94. The highest BCUT2D eigenvalue weighted by atomic mass is 32.2. The molecule has 1 aromatic carbocycles. The van der Waals surface area contributed by atoms with E-state index in [-0.39, 0.29) is 16.6 Å². The van der Waals surface area contributed by atoms with Gasteiger partial charge in [-0.3, -0.25) is 10.1 Å². The van der Waals surface area contributed by atoms with Gasteiger partial charge in [-0.25, -0.2) is 13.1 Å². The Morgan fingerprint density at radius 2 is 2.05 bits per heavy atom. The van der Waals surface area contributed by atoms with Crippen LogP contribution in [0.25, 0.3) is 0 Å². The summed E-state index contributed by atoms with van der Waals surface area (Å²) >= 11 is 0. The van der Waals surface area contributed by atoms with Crippen LogP contribution in [0.2, 0.25) is 0 Å². The fourth-order valence-electron chi connectivity index (χ4n) is 2.11. The molecule has 0 aromatic heterocycles. The number of aliphatic hydroxyl groups is 1. The van der Waals surface area contributed by atoms with Gasteiger partial charge in [-0.1, -0.05) is 0 Å². The van der Waals surface area contributed by atoms with Crippen LogP contribution in [0.1, 0.15) is 13.8 Å². The van der Waals surface area contributed by atoms with Crippen molar-refractivity contribution in [1.29, 1.82) is 0 Å². The first kappa shape index (κ1) is 15.7. The van der Waals surface area contributed by atoms with Crippen molar-refractivity contribution in [3.63, 3.8) is 0 Å². The smallest absolute Gasteiger partial charge is 0.293 e. The maximum absolute atomic E-state index is 12.0. The molecule has 0 saturated carbocycles. The summed E-state index contributed by atoms with van der Waals surface area (Å²) in [7, 11) is -3.78. The van der Waals surface area contributed by atoms with Crippen molar-refractivity contribution in [1.82, 2.24) is 4.72 Å². The Labute approximate surface area is 122 Å². The Balaban J connectivity index is 2.39. The van der Waals surface area contributed by atoms with E-state index in [0.29, 0.717) is 18.8 Å². The zero-order valence-electron chi connectivity index (χ0n) is 11.7. The normalized spacial score (nSPS) is 16.1. The summed E-state index contributed by atoms with van der Waals surface area (Å²) in [5.41, 5.74) is 0.0299. The second-order valence-corrected chi connectivity index (χ2v) is 6.96. The fraction of sp³-hybridized carbons (Fsp3) is 0.500. The van der Waals surface area contributed by atoms with Gasteiger partial charge in [-0.2, -0.15) is 0 Å². The number of nitro benzene ring substituents is 1. The Morgan fingerprint density at radius 3 is 2.52 bits per heavy atom. The van der Waals surface area contributed by atoms with Gasteiger partial charge in [0.15, 0.2) is 0 Å². The highest BCUT2D eigenvalue weighted by molar-refractivity contribution is 7.89. The van der Waals surface area contributed by atoms with Crippen molar-refractivity contribution in [2.24, 2.45) is 0 Å². The van der Waals surface area contributed by atoms with Gasteiger partial charge in [0, 0.05) is 25.2 Å². The standard InChI is InChI=1S/C12H17N3O5S/c1-8(2)13-21(19,20)10-3-4-11(12(5-10)15(17)18)14-6-9(16)7-14/h3-5,8-9,13,16H,6-7H2,1-2H3. The largest absolute Gasteiger partial charge is 0.389 e. The number of hydrogen-bond donors (Lipinski definition) is 2. The van der Waals surface area contributed by atoms with Crippen molar-refractivity contribution < 1.29 is 18.4 Å². The Hall–Kier alpha value is -1.71. The molecule has 0 unspecified atom stereocenters. The molecule has 2 rings (SSSR count). The van der Waals surface area contributed by atoms with Gasteiger partial charge in [-0.15, -0.1) is 0 Å². The van der Waals surface area contributed by atoms with E-state index in [4.69, 9.17) is 0 Å². The summed E-state index contributed by atoms with van der Waals surface area (Å²) in [4.78, 5) is 12.0. The van der Waals surface area contributed by atoms with Gasteiger partial charge in [0.25, 0.3) is 5.69 Å². The first-order chi connectivity index (χ1) is 9.70. The molecule has 1 aliphatic rings. The maximum atomic E-state index is 12.0. The number of nitrogens with one attached hydrogen (secondary N) is 1. The summed E-state index contributed by atoms with van der Waals surface area (Å²) < 4.78 is 26.5. The lowest BCUT2D eigenvalue weighted by atomic mass is 10.1. The third kappa shape index (κ3) is 3.31. The molecule has 2 N–H and O–H groups in total. The number of hydrogen-bond acceptors (Lipinski definition) is 6. The molecule has 0 radical (unpaired) electrons. The molecule has 1 fully saturated rings. The number of β-amino-alcohol motifs (C(OH)–C–C–N with tert-alkyl or cyclic N) is 1. The van der Waals surface area contributed by atoms with Crippen molar-refractivity contribution in [3.8, 4) is 0 Å². The van der Waals surface area contributed by atoms with Crippen LogP contribution in [0.3, 0.4) is 0 Å². The van der Waals surface area contributed by atoms with Crippen LogP contribution < -0.4 is 9.62 Å². The number of nitrogens with zero attached hydrogens (tertiary/aromatic N) is 2. The topological polar surface area (TPSA) is 113 Å². The third-order valence-electron chi connectivity index (χ3n) is 3.05. The van der Waals surface area contributed by atoms with Gasteiger partial charge in [0.2, 0.25) is 10.0 Å². The zero-order chi connectivity index (χ0) is 15.8. The highest BCUT2D eigenvalue weighted by Crippen LogP contribution is 2.33. The molecule has 0 amide bonds. The molecule has 1 aromatic rings. The lowest BCUT2D eigenvalue weighted by Crippen LogP contribution is -2.51. The Morgan fingerprint density at radius 1 is 1.43 bits per heavy atom. The predicted molar refractivity (Wildman–Crippen MR) is 76.8 cm³/mol. The number of benzene rings is 1. The van der Waals surface area contributed by atoms with Crippen LogP contribution in [0.5, 0.6) is 0 Å². The van der Waals surface area contributed by atoms with Gasteiger partial charge in [0.05, 0.1) is 15.9 Å². The molecule has 0 atom stereocenters. The van der Waals surface area contributed by atoms with E-state index in [1.54, 1.807) is 18.7 Å². The summed E-state index contributed by atoms with van der Waals surface area (Å²) in [6, 6.07) is 3.47. The van der Waals surface area contributed by atoms with Crippen LogP contribution in [-0.4, -0.2) is 43.7 Å². The molecule has 21 heavy (non-hydrogen) atoms. The van der Waals surface area contributed by atoms with Gasteiger partial charge >= 0.3 is 0 Å². The van der Waals surface area contributed by atoms with Gasteiger partial charge < -0.3 is 10.0 Å². The van der Waals surface area contributed by atoms with E-state index in [9.17, 15) is 23.6 Å². The minimum atomic E-state index is -3.78. The van der Waals surface area contributed by atoms with E-state index in [0.717, 1.165) is 6.07 Å². The average molecular weight is 315 g/mol. The summed E-state index contributed by atoms with van der Waals surface area (Å²) in [6.07, 6.45) is -0.504. The molecule has 8 nitrogen and oxygen atoms in total. The monoisotopic (exact) mass is 315 g/mol. The van der Waals surface area contributed by atoms with E-state index in [1.807, 2.05) is 0 Å². The molecule has 1 heterocycles. The number of rotatable bonds is 5. The van der Waals surface area contributed by atoms with Crippen LogP contribution in [0.15, 0.2) is 23.1 Å². The quantitative estimate of drug-likeness (QED) is 0.603. The molecule has 0 spiro atoms. The lowest BCUT2D eigenvalue weighted by Gasteiger charge is -2.37. The molecule has 1 aliphatic heterocycles. The number of sulfonamides is 1. The van der Waals surface area contributed by atoms with E-state index >= 15 is 0 Å². The molecule has 0 bridgehead atoms. The SMILES string of the molecule is CC(C)NS(=O)(=O)c1ccc(N2CC(O)C2)c([N+](=O)[O-])c1. The number of nitro groups is 1. The van der Waals surface area contributed by atoms with Gasteiger partial charge in [0.1, 0.15) is 5.69 Å². The maximum Gasteiger partial charge on any atom is 0.293 e. The molecule has 1 saturated heterocycles. The minimum Gasteiger partial charge on any atom is -0.389 e. The summed E-state index contributed by atoms with van der Waals surface area (Å²) in [5.74, 6) is 0. The third-order valence-corrected chi connectivity index (χ3v) is 4.70. The van der Waals surface area contributed by atoms with E-state index in [1.165, 1.54) is 12.1 Å². The molecular weight excluding hydrogens is 298 g/mol. The van der Waals surface area contributed by atoms with Crippen LogP contribution >= 0.6 is 0 Å². The predicted octanol–water partition coefficient (Wildman–Crippen LogP) is 0.462. The second-order valence-electron chi connectivity index (χ2n) is 5.24. The molecule has 9 heteroatoms. The lowest BCUT2D eigenvalue weighted by molar-refractivity contribution is -0.384. The van der Waals surface area contributed by atoms with Gasteiger partial charge in [-0.05, 0) is 26.0 Å². The second kappa shape index (κ2) is 5.58. The Kier molecular flexibility index (Phi) is 4.17. The van der Waals surface area contributed by atoms with Crippen molar-refractivity contribution in [3.05, 3.63) is 28.3 Å². The van der Waals surface area contributed by atoms with Crippen molar-refractivity contribution >= 4 is 21.4 Å². The Bertz CT molecular complexity index is 653. The van der Waals surface area contributed by atoms with E-state index in [2.05, 4.69) is 4.72 Å². The minimum absolute atomic E-state index is 0.146. The zero-order valence-corrected chi connectivity index (χ0v) is 12.5. The van der Waals surface area contributed by atoms with Crippen molar-refractivity contribution in [2.45, 2.75) is 30.9 Å². The van der Waals surface area contributed by atoms with Crippen LogP contribution in [0, 0.1) is 10.1 Å². The average Bonchev–Trinajstić information content (AvgIpc) is 2.32. The molecule has 116 valence electrons. The van der Waals surface area contributed by atoms with E-state index < -0.39 is 21.1 Å². The first-order valence-corrected chi connectivity index (χ1v) is 7.93. The highest BCUT2D eigenvalue weighted by Gasteiger charge is 2.31. The molecule has 0 aliphatic carbocycles. The first-order valence-electron chi connectivity index (χ1n) is 6.44. The summed E-state index contributed by atoms with van der Waals surface area (Å²) in [5, 5.41) is 20.4. The fourth-order valence-corrected chi connectivity index (χ4v) is 3.39. The van der Waals surface area contributed by atoms with Crippen LogP contribution in [0.4, 0.5) is 11.4 Å². The van der Waals surface area contributed by atoms with Crippen LogP contribution in [-0.2, 0) is 10.0 Å². The molecular formula is C12H17N3O5S.